The fourth-order valence-corrected chi connectivity index (χ4v) is 4.96. The van der Waals surface area contributed by atoms with Gasteiger partial charge in [-0.1, -0.05) is 53.5 Å². The molecule has 10 heteroatoms. The molecule has 2 N–H and O–H groups in total. The third-order valence-corrected chi connectivity index (χ3v) is 6.57. The van der Waals surface area contributed by atoms with Crippen molar-refractivity contribution in [3.8, 4) is 5.75 Å². The van der Waals surface area contributed by atoms with E-state index in [2.05, 4.69) is 26.0 Å². The highest BCUT2D eigenvalue weighted by Crippen LogP contribution is 2.36. The maximum Gasteiger partial charge on any atom is 0.262 e. The van der Waals surface area contributed by atoms with Crippen molar-refractivity contribution in [3.05, 3.63) is 86.8 Å². The molecule has 1 amide bonds. The van der Waals surface area contributed by atoms with Crippen LogP contribution in [0.2, 0.25) is 10.0 Å². The summed E-state index contributed by atoms with van der Waals surface area (Å²) in [7, 11) is -3.68. The van der Waals surface area contributed by atoms with E-state index in [0.29, 0.717) is 20.9 Å². The van der Waals surface area contributed by atoms with E-state index in [1.807, 2.05) is 30.3 Å². The van der Waals surface area contributed by atoms with Crippen LogP contribution in [0.15, 0.2) is 76.1 Å². The van der Waals surface area contributed by atoms with Gasteiger partial charge in [-0.25, -0.2) is 13.1 Å². The summed E-state index contributed by atoms with van der Waals surface area (Å²) in [5.41, 5.74) is 1.28. The van der Waals surface area contributed by atoms with Gasteiger partial charge in [0.1, 0.15) is 0 Å². The van der Waals surface area contributed by atoms with Gasteiger partial charge in [0.25, 0.3) is 5.91 Å². The summed E-state index contributed by atoms with van der Waals surface area (Å²) in [6.45, 7) is -0.111. The van der Waals surface area contributed by atoms with Gasteiger partial charge in [0.15, 0.2) is 12.4 Å². The first-order valence-corrected chi connectivity index (χ1v) is 12.0. The molecule has 6 nitrogen and oxygen atoms in total. The Morgan fingerprint density at radius 1 is 1.00 bits per heavy atom. The van der Waals surface area contributed by atoms with Crippen LogP contribution in [0.25, 0.3) is 0 Å². The Morgan fingerprint density at radius 2 is 1.68 bits per heavy atom. The molecule has 0 aromatic heterocycles. The van der Waals surface area contributed by atoms with Gasteiger partial charge in [-0.3, -0.25) is 4.79 Å². The summed E-state index contributed by atoms with van der Waals surface area (Å²) < 4.78 is 33.4. The zero-order valence-corrected chi connectivity index (χ0v) is 19.9. The van der Waals surface area contributed by atoms with Crippen molar-refractivity contribution in [2.75, 3.05) is 11.9 Å². The van der Waals surface area contributed by atoms with Crippen LogP contribution in [0.1, 0.15) is 5.56 Å². The lowest BCUT2D eigenvalue weighted by atomic mass is 10.2. The number of ether oxygens (including phenoxy) is 1. The van der Waals surface area contributed by atoms with Gasteiger partial charge in [0.2, 0.25) is 10.0 Å². The Hall–Kier alpha value is -2.10. The van der Waals surface area contributed by atoms with E-state index in [0.717, 1.165) is 5.56 Å². The highest BCUT2D eigenvalue weighted by atomic mass is 79.9. The number of hydrogen-bond acceptors (Lipinski definition) is 4. The average molecular weight is 544 g/mol. The summed E-state index contributed by atoms with van der Waals surface area (Å²) in [4.78, 5) is 12.3. The highest BCUT2D eigenvalue weighted by Gasteiger charge is 2.15. The van der Waals surface area contributed by atoms with Gasteiger partial charge >= 0.3 is 0 Å². The Kier molecular flexibility index (Phi) is 7.96. The molecule has 3 aromatic rings. The van der Waals surface area contributed by atoms with Crippen LogP contribution in [0, 0.1) is 0 Å². The van der Waals surface area contributed by atoms with Gasteiger partial charge in [-0.05, 0) is 57.9 Å². The molecular weight excluding hydrogens is 527 g/mol. The molecular formula is C21H17BrCl2N2O4S. The summed E-state index contributed by atoms with van der Waals surface area (Å²) in [5.74, 6) is -0.136. The molecule has 0 aliphatic rings. The number of carbonyl (C=O) groups excluding carboxylic acids is 1. The normalized spacial score (nSPS) is 11.2. The zero-order valence-electron chi connectivity index (χ0n) is 15.9. The van der Waals surface area contributed by atoms with Crippen LogP contribution < -0.4 is 14.8 Å². The number of amides is 1. The molecule has 0 atom stereocenters. The number of nitrogens with one attached hydrogen (secondary N) is 2. The third-order valence-electron chi connectivity index (χ3n) is 4.07. The maximum absolute atomic E-state index is 12.4. The van der Waals surface area contributed by atoms with Crippen LogP contribution in [0.3, 0.4) is 0 Å². The summed E-state index contributed by atoms with van der Waals surface area (Å²) in [6.07, 6.45) is 0. The van der Waals surface area contributed by atoms with Gasteiger partial charge in [-0.2, -0.15) is 0 Å². The molecule has 0 heterocycles. The molecule has 162 valence electrons. The number of benzene rings is 3. The Bertz CT molecular complexity index is 1150. The zero-order chi connectivity index (χ0) is 22.4. The van der Waals surface area contributed by atoms with Crippen molar-refractivity contribution in [2.45, 2.75) is 11.4 Å². The summed E-state index contributed by atoms with van der Waals surface area (Å²) in [5, 5.41) is 3.34. The van der Waals surface area contributed by atoms with E-state index in [-0.39, 0.29) is 23.1 Å². The molecule has 0 aliphatic heterocycles. The van der Waals surface area contributed by atoms with Crippen LogP contribution in [0.5, 0.6) is 5.75 Å². The third kappa shape index (κ3) is 6.69. The predicted octanol–water partition coefficient (Wildman–Crippen LogP) is 5.25. The Labute approximate surface area is 198 Å². The van der Waals surface area contributed by atoms with Gasteiger partial charge in [0.05, 0.1) is 14.4 Å². The minimum atomic E-state index is -3.68. The van der Waals surface area contributed by atoms with Crippen LogP contribution in [0.4, 0.5) is 5.69 Å². The van der Waals surface area contributed by atoms with E-state index >= 15 is 0 Å². The van der Waals surface area contributed by atoms with Crippen molar-refractivity contribution < 1.29 is 17.9 Å². The van der Waals surface area contributed by atoms with E-state index in [9.17, 15) is 13.2 Å². The molecule has 0 spiro atoms. The summed E-state index contributed by atoms with van der Waals surface area (Å²) in [6, 6.07) is 18.1. The largest absolute Gasteiger partial charge is 0.481 e. The fourth-order valence-electron chi connectivity index (χ4n) is 2.58. The molecule has 0 saturated carbocycles. The second-order valence-electron chi connectivity index (χ2n) is 6.37. The molecule has 3 aromatic carbocycles. The topological polar surface area (TPSA) is 84.5 Å². The van der Waals surface area contributed by atoms with E-state index in [1.54, 1.807) is 6.07 Å². The lowest BCUT2D eigenvalue weighted by Crippen LogP contribution is -2.23. The lowest BCUT2D eigenvalue weighted by Gasteiger charge is -2.11. The predicted molar refractivity (Wildman–Crippen MR) is 125 cm³/mol. The molecule has 0 fully saturated rings. The van der Waals surface area contributed by atoms with E-state index in [4.69, 9.17) is 27.9 Å². The van der Waals surface area contributed by atoms with Crippen molar-refractivity contribution in [1.29, 1.82) is 0 Å². The van der Waals surface area contributed by atoms with Gasteiger partial charge in [0, 0.05) is 17.3 Å². The Morgan fingerprint density at radius 3 is 2.32 bits per heavy atom. The monoisotopic (exact) mass is 542 g/mol. The minimum Gasteiger partial charge on any atom is -0.481 e. The smallest absolute Gasteiger partial charge is 0.262 e. The number of anilines is 1. The first kappa shape index (κ1) is 23.6. The van der Waals surface area contributed by atoms with E-state index in [1.165, 1.54) is 30.3 Å². The van der Waals surface area contributed by atoms with Crippen molar-refractivity contribution >= 4 is 60.7 Å². The highest BCUT2D eigenvalue weighted by molar-refractivity contribution is 9.10. The molecule has 0 saturated heterocycles. The fraction of sp³-hybridized carbons (Fsp3) is 0.0952. The number of hydrogen-bond donors (Lipinski definition) is 2. The summed E-state index contributed by atoms with van der Waals surface area (Å²) >= 11 is 15.2. The van der Waals surface area contributed by atoms with Crippen LogP contribution in [-0.4, -0.2) is 20.9 Å². The van der Waals surface area contributed by atoms with Crippen molar-refractivity contribution in [3.63, 3.8) is 0 Å². The van der Waals surface area contributed by atoms with Crippen LogP contribution in [-0.2, 0) is 21.4 Å². The van der Waals surface area contributed by atoms with Gasteiger partial charge < -0.3 is 10.1 Å². The minimum absolute atomic E-state index is 0.0922. The van der Waals surface area contributed by atoms with Crippen molar-refractivity contribution in [2.24, 2.45) is 0 Å². The average Bonchev–Trinajstić information content (AvgIpc) is 2.73. The number of sulfonamides is 1. The quantitative estimate of drug-likeness (QED) is 0.406. The van der Waals surface area contributed by atoms with E-state index < -0.39 is 15.9 Å². The standard InChI is InChI=1S/C21H17BrCl2N2O4S/c22-18-10-15(23)11-19(24)21(18)30-13-20(27)26-16-6-8-17(9-7-16)31(28,29)25-12-14-4-2-1-3-5-14/h1-11,25H,12-13H2,(H,26,27). The maximum atomic E-state index is 12.4. The first-order valence-electron chi connectivity index (χ1n) is 8.95. The van der Waals surface area contributed by atoms with Crippen molar-refractivity contribution in [1.82, 2.24) is 4.72 Å². The van der Waals surface area contributed by atoms with Crippen LogP contribution >= 0.6 is 39.1 Å². The number of rotatable bonds is 8. The first-order chi connectivity index (χ1) is 14.7. The van der Waals surface area contributed by atoms with Gasteiger partial charge in [-0.15, -0.1) is 0 Å². The molecule has 0 unspecified atom stereocenters. The second kappa shape index (κ2) is 10.5. The molecule has 3 rings (SSSR count). The SMILES string of the molecule is O=C(COc1c(Cl)cc(Cl)cc1Br)Nc1ccc(S(=O)(=O)NCc2ccccc2)cc1. The Balaban J connectivity index is 1.57. The molecule has 0 aliphatic carbocycles. The second-order valence-corrected chi connectivity index (χ2v) is 9.83. The number of halogens is 3. The lowest BCUT2D eigenvalue weighted by molar-refractivity contribution is -0.118. The molecule has 0 radical (unpaired) electrons. The number of carbonyl (C=O) groups is 1. The molecule has 31 heavy (non-hydrogen) atoms. The molecule has 0 bridgehead atoms.